The van der Waals surface area contributed by atoms with E-state index >= 15 is 0 Å². The Morgan fingerprint density at radius 2 is 1.67 bits per heavy atom. The van der Waals surface area contributed by atoms with Gasteiger partial charge in [-0.3, -0.25) is 14.9 Å². The van der Waals surface area contributed by atoms with E-state index in [1.807, 2.05) is 36.4 Å². The first kappa shape index (κ1) is 23.9. The molecule has 3 aromatic carbocycles. The van der Waals surface area contributed by atoms with E-state index in [1.54, 1.807) is 54.4 Å². The number of para-hydroxylation sites is 1. The number of ether oxygens (including phenoxy) is 1. The van der Waals surface area contributed by atoms with Gasteiger partial charge in [0.15, 0.2) is 5.11 Å². The van der Waals surface area contributed by atoms with Gasteiger partial charge in [0.1, 0.15) is 5.75 Å². The first-order valence-electron chi connectivity index (χ1n) is 10.8. The van der Waals surface area contributed by atoms with Crippen LogP contribution in [0.25, 0.3) is 0 Å². The zero-order chi connectivity index (χ0) is 23.6. The number of anilines is 2. The van der Waals surface area contributed by atoms with Gasteiger partial charge in [-0.2, -0.15) is 0 Å². The van der Waals surface area contributed by atoms with Crippen LogP contribution in [0.1, 0.15) is 40.5 Å². The van der Waals surface area contributed by atoms with Crippen molar-refractivity contribution in [2.45, 2.75) is 19.8 Å². The lowest BCUT2D eigenvalue weighted by Gasteiger charge is -2.18. The molecule has 33 heavy (non-hydrogen) atoms. The Kier molecular flexibility index (Phi) is 8.55. The quantitative estimate of drug-likeness (QED) is 0.353. The minimum absolute atomic E-state index is 0.137. The predicted octanol–water partition coefficient (Wildman–Crippen LogP) is 5.27. The molecule has 3 rings (SSSR count). The molecule has 2 N–H and O–H groups in total. The molecule has 0 fully saturated rings. The number of carbonyl (C=O) groups excluding carboxylic acids is 2. The summed E-state index contributed by atoms with van der Waals surface area (Å²) in [4.78, 5) is 27.0. The molecule has 170 valence electrons. The number of carbonyl (C=O) groups is 2. The van der Waals surface area contributed by atoms with Gasteiger partial charge in [-0.05, 0) is 67.2 Å². The van der Waals surface area contributed by atoms with E-state index in [9.17, 15) is 9.59 Å². The van der Waals surface area contributed by atoms with Gasteiger partial charge in [0.25, 0.3) is 11.8 Å². The molecule has 0 aliphatic rings. The number of nitrogens with zero attached hydrogens (tertiary/aromatic N) is 1. The topological polar surface area (TPSA) is 70.7 Å². The highest BCUT2D eigenvalue weighted by molar-refractivity contribution is 7.80. The van der Waals surface area contributed by atoms with Gasteiger partial charge < -0.3 is 15.0 Å². The molecule has 0 spiro atoms. The summed E-state index contributed by atoms with van der Waals surface area (Å²) in [5, 5.41) is 5.77. The van der Waals surface area contributed by atoms with E-state index in [1.165, 1.54) is 0 Å². The summed E-state index contributed by atoms with van der Waals surface area (Å²) in [7, 11) is 1.72. The SMILES string of the molecule is CCCCOc1cccc(C(=O)NC(=S)Nc2cccc(C(=O)N(C)c3ccccc3)c2)c1. The summed E-state index contributed by atoms with van der Waals surface area (Å²) in [6.45, 7) is 2.70. The number of unbranched alkanes of at least 4 members (excludes halogenated alkanes) is 1. The van der Waals surface area contributed by atoms with Gasteiger partial charge in [0.05, 0.1) is 6.61 Å². The maximum absolute atomic E-state index is 12.9. The summed E-state index contributed by atoms with van der Waals surface area (Å²) < 4.78 is 5.66. The van der Waals surface area contributed by atoms with E-state index in [0.29, 0.717) is 29.2 Å². The zero-order valence-electron chi connectivity index (χ0n) is 18.7. The molecule has 0 bridgehead atoms. The number of benzene rings is 3. The predicted molar refractivity (Wildman–Crippen MR) is 136 cm³/mol. The van der Waals surface area contributed by atoms with Crippen LogP contribution in [0.4, 0.5) is 11.4 Å². The normalized spacial score (nSPS) is 10.2. The molecular weight excluding hydrogens is 434 g/mol. The lowest BCUT2D eigenvalue weighted by molar-refractivity contribution is 0.0973. The van der Waals surface area contributed by atoms with Crippen LogP contribution in [0.3, 0.4) is 0 Å². The van der Waals surface area contributed by atoms with Gasteiger partial charge in [-0.15, -0.1) is 0 Å². The summed E-state index contributed by atoms with van der Waals surface area (Å²) in [6, 6.07) is 23.3. The molecule has 7 heteroatoms. The minimum Gasteiger partial charge on any atom is -0.494 e. The van der Waals surface area contributed by atoms with Gasteiger partial charge >= 0.3 is 0 Å². The number of amides is 2. The fourth-order valence-electron chi connectivity index (χ4n) is 3.09. The van der Waals surface area contributed by atoms with E-state index in [0.717, 1.165) is 18.5 Å². The zero-order valence-corrected chi connectivity index (χ0v) is 19.5. The molecule has 0 heterocycles. The number of hydrogen-bond acceptors (Lipinski definition) is 4. The maximum Gasteiger partial charge on any atom is 0.258 e. The van der Waals surface area contributed by atoms with Gasteiger partial charge in [0.2, 0.25) is 0 Å². The Balaban J connectivity index is 1.61. The average Bonchev–Trinajstić information content (AvgIpc) is 2.84. The Morgan fingerprint density at radius 1 is 0.939 bits per heavy atom. The third-order valence-electron chi connectivity index (χ3n) is 4.91. The van der Waals surface area contributed by atoms with Crippen molar-refractivity contribution in [1.82, 2.24) is 5.32 Å². The average molecular weight is 462 g/mol. The number of nitrogens with one attached hydrogen (secondary N) is 2. The smallest absolute Gasteiger partial charge is 0.258 e. The van der Waals surface area contributed by atoms with Crippen LogP contribution < -0.4 is 20.3 Å². The Hall–Kier alpha value is -3.71. The van der Waals surface area contributed by atoms with Crippen molar-refractivity contribution in [3.8, 4) is 5.75 Å². The Labute approximate surface area is 199 Å². The third-order valence-corrected chi connectivity index (χ3v) is 5.11. The van der Waals surface area contributed by atoms with Crippen LogP contribution in [0.2, 0.25) is 0 Å². The summed E-state index contributed by atoms with van der Waals surface area (Å²) in [5.74, 6) is 0.146. The summed E-state index contributed by atoms with van der Waals surface area (Å²) >= 11 is 5.30. The molecule has 6 nitrogen and oxygen atoms in total. The van der Waals surface area contributed by atoms with Crippen molar-refractivity contribution < 1.29 is 14.3 Å². The van der Waals surface area contributed by atoms with Crippen LogP contribution in [0.5, 0.6) is 5.75 Å². The highest BCUT2D eigenvalue weighted by Crippen LogP contribution is 2.18. The van der Waals surface area contributed by atoms with Crippen LogP contribution >= 0.6 is 12.2 Å². The summed E-state index contributed by atoms with van der Waals surface area (Å²) in [6.07, 6.45) is 1.99. The lowest BCUT2D eigenvalue weighted by atomic mass is 10.1. The number of thiocarbonyl (C=S) groups is 1. The van der Waals surface area contributed by atoms with Crippen LogP contribution in [0.15, 0.2) is 78.9 Å². The van der Waals surface area contributed by atoms with Gasteiger partial charge in [-0.1, -0.05) is 43.7 Å². The monoisotopic (exact) mass is 461 g/mol. The van der Waals surface area contributed by atoms with Gasteiger partial charge in [0, 0.05) is 29.5 Å². The minimum atomic E-state index is -0.343. The molecule has 0 unspecified atom stereocenters. The molecular formula is C26H27N3O3S. The Bertz CT molecular complexity index is 1120. The van der Waals surface area contributed by atoms with Crippen molar-refractivity contribution in [2.24, 2.45) is 0 Å². The summed E-state index contributed by atoms with van der Waals surface area (Å²) in [5.41, 5.74) is 2.34. The van der Waals surface area contributed by atoms with Crippen molar-refractivity contribution in [2.75, 3.05) is 23.9 Å². The van der Waals surface area contributed by atoms with E-state index < -0.39 is 0 Å². The molecule has 0 aliphatic heterocycles. The molecule has 3 aromatic rings. The number of rotatable bonds is 8. The van der Waals surface area contributed by atoms with Crippen molar-refractivity contribution in [3.63, 3.8) is 0 Å². The molecule has 2 amide bonds. The highest BCUT2D eigenvalue weighted by Gasteiger charge is 2.14. The maximum atomic E-state index is 12.9. The lowest BCUT2D eigenvalue weighted by Crippen LogP contribution is -2.34. The fourth-order valence-corrected chi connectivity index (χ4v) is 3.30. The van der Waals surface area contributed by atoms with E-state index in [2.05, 4.69) is 17.6 Å². The second kappa shape index (κ2) is 11.8. The van der Waals surface area contributed by atoms with Crippen LogP contribution in [-0.4, -0.2) is 30.6 Å². The first-order chi connectivity index (χ1) is 16.0. The molecule has 0 radical (unpaired) electrons. The van der Waals surface area contributed by atoms with Crippen LogP contribution in [-0.2, 0) is 0 Å². The van der Waals surface area contributed by atoms with E-state index in [4.69, 9.17) is 17.0 Å². The standard InChI is InChI=1S/C26H27N3O3S/c1-3-4-16-32-23-15-9-10-19(18-23)24(30)28-26(33)27-21-12-8-11-20(17-21)25(31)29(2)22-13-6-5-7-14-22/h5-15,17-18H,3-4,16H2,1-2H3,(H2,27,28,30,33). The second-order valence-corrected chi connectivity index (χ2v) is 7.83. The Morgan fingerprint density at radius 3 is 2.42 bits per heavy atom. The fraction of sp³-hybridized carbons (Fsp3) is 0.192. The van der Waals surface area contributed by atoms with E-state index in [-0.39, 0.29) is 16.9 Å². The molecule has 0 saturated heterocycles. The highest BCUT2D eigenvalue weighted by atomic mass is 32.1. The first-order valence-corrected chi connectivity index (χ1v) is 11.2. The third kappa shape index (κ3) is 6.89. The molecule has 0 aromatic heterocycles. The van der Waals surface area contributed by atoms with Crippen molar-refractivity contribution in [1.29, 1.82) is 0 Å². The van der Waals surface area contributed by atoms with Gasteiger partial charge in [-0.25, -0.2) is 0 Å². The second-order valence-electron chi connectivity index (χ2n) is 7.42. The number of hydrogen-bond donors (Lipinski definition) is 2. The largest absolute Gasteiger partial charge is 0.494 e. The van der Waals surface area contributed by atoms with Crippen molar-refractivity contribution >= 4 is 40.5 Å². The van der Waals surface area contributed by atoms with Crippen molar-refractivity contribution in [3.05, 3.63) is 90.0 Å². The van der Waals surface area contributed by atoms with Crippen LogP contribution in [0, 0.1) is 0 Å². The molecule has 0 atom stereocenters. The molecule has 0 saturated carbocycles. The molecule has 0 aliphatic carbocycles.